The first-order chi connectivity index (χ1) is 18.0. The highest BCUT2D eigenvalue weighted by Crippen LogP contribution is 2.65. The third-order valence-electron chi connectivity index (χ3n) is 10.4. The highest BCUT2D eigenvalue weighted by molar-refractivity contribution is 5.89. The molecule has 4 aliphatic carbocycles. The van der Waals surface area contributed by atoms with Gasteiger partial charge in [0.2, 0.25) is 0 Å². The van der Waals surface area contributed by atoms with Gasteiger partial charge in [-0.25, -0.2) is 4.79 Å². The Morgan fingerprint density at radius 1 is 1.11 bits per heavy atom. The topological polar surface area (TPSA) is 54.0 Å². The van der Waals surface area contributed by atoms with E-state index in [0.29, 0.717) is 35.3 Å². The number of esters is 1. The molecule has 1 aromatic carbocycles. The smallest absolute Gasteiger partial charge is 0.337 e. The summed E-state index contributed by atoms with van der Waals surface area (Å²) in [6, 6.07) is 8.23. The Bertz CT molecular complexity index is 1050. The minimum absolute atomic E-state index is 0.155. The number of carbonyl (C=O) groups is 1. The molecule has 0 amide bonds. The molecule has 0 bridgehead atoms. The van der Waals surface area contributed by atoms with Crippen LogP contribution in [-0.4, -0.2) is 44.8 Å². The van der Waals surface area contributed by atoms with Gasteiger partial charge in [0.25, 0.3) is 0 Å². The van der Waals surface area contributed by atoms with Crippen molar-refractivity contribution >= 4 is 5.97 Å². The summed E-state index contributed by atoms with van der Waals surface area (Å²) >= 11 is 0. The van der Waals surface area contributed by atoms with E-state index in [1.165, 1.54) is 31.9 Å². The number of hydrogen-bond acceptors (Lipinski definition) is 5. The second kappa shape index (κ2) is 9.98. The lowest BCUT2D eigenvalue weighted by molar-refractivity contribution is -0.181. The minimum atomic E-state index is -0.347. The lowest BCUT2D eigenvalue weighted by atomic mass is 9.52. The summed E-state index contributed by atoms with van der Waals surface area (Å²) in [5.74, 6) is 1.58. The second-order valence-corrected chi connectivity index (χ2v) is 12.2. The molecule has 5 heteroatoms. The predicted octanol–water partition coefficient (Wildman–Crippen LogP) is 6.59. The third-order valence-corrected chi connectivity index (χ3v) is 10.4. The maximum absolute atomic E-state index is 12.1. The molecule has 4 fully saturated rings. The van der Waals surface area contributed by atoms with E-state index in [4.69, 9.17) is 18.9 Å². The normalized spacial score (nSPS) is 36.1. The standard InChI is InChI=1S/C32H42O5/c1-4-5-16-35-28-13-12-27-25-11-10-23-19-32(36-17-18-37-32)15-14-24(23)29(25)26(20-31(27,28)2)21-6-8-22(9-7-21)30(33)34-3/h4,6-9,23,25-28H,1,5,10-20H2,2-3H3/t23?,25?,26-,27?,28?,31+/m1/s1. The van der Waals surface area contributed by atoms with Gasteiger partial charge in [0.1, 0.15) is 0 Å². The summed E-state index contributed by atoms with van der Waals surface area (Å²) in [6.45, 7) is 8.60. The number of ether oxygens (including phenoxy) is 4. The fourth-order valence-electron chi connectivity index (χ4n) is 8.78. The van der Waals surface area contributed by atoms with Crippen molar-refractivity contribution < 1.29 is 23.7 Å². The Balaban J connectivity index is 1.37. The van der Waals surface area contributed by atoms with Crippen LogP contribution in [0.1, 0.15) is 86.6 Å². The molecule has 0 N–H and O–H groups in total. The molecular weight excluding hydrogens is 464 g/mol. The summed E-state index contributed by atoms with van der Waals surface area (Å²) < 4.78 is 23.8. The van der Waals surface area contributed by atoms with Gasteiger partial charge in [0.15, 0.2) is 5.79 Å². The summed E-state index contributed by atoms with van der Waals surface area (Å²) in [5, 5.41) is 0. The minimum Gasteiger partial charge on any atom is -0.465 e. The number of allylic oxidation sites excluding steroid dienone is 2. The van der Waals surface area contributed by atoms with Gasteiger partial charge in [-0.3, -0.25) is 0 Å². The van der Waals surface area contributed by atoms with Crippen LogP contribution in [-0.2, 0) is 18.9 Å². The molecular formula is C32H42O5. The van der Waals surface area contributed by atoms with Gasteiger partial charge in [-0.2, -0.15) is 0 Å². The Labute approximate surface area is 221 Å². The van der Waals surface area contributed by atoms with E-state index in [1.807, 2.05) is 18.2 Å². The highest BCUT2D eigenvalue weighted by Gasteiger charge is 2.58. The van der Waals surface area contributed by atoms with E-state index in [1.54, 1.807) is 11.1 Å². The number of fused-ring (bicyclic) bond motifs is 4. The Hall–Kier alpha value is -1.95. The molecule has 200 valence electrons. The number of carbonyl (C=O) groups excluding carboxylic acids is 1. The van der Waals surface area contributed by atoms with Crippen LogP contribution in [0.4, 0.5) is 0 Å². The van der Waals surface area contributed by atoms with Crippen molar-refractivity contribution in [2.24, 2.45) is 23.2 Å². The van der Waals surface area contributed by atoms with Crippen LogP contribution in [0.3, 0.4) is 0 Å². The van der Waals surface area contributed by atoms with Gasteiger partial charge in [-0.15, -0.1) is 6.58 Å². The Kier molecular flexibility index (Phi) is 6.83. The van der Waals surface area contributed by atoms with Crippen LogP contribution in [0.25, 0.3) is 0 Å². The molecule has 6 atom stereocenters. The lowest BCUT2D eigenvalue weighted by Gasteiger charge is -2.54. The van der Waals surface area contributed by atoms with Crippen LogP contribution in [0.5, 0.6) is 0 Å². The summed E-state index contributed by atoms with van der Waals surface area (Å²) in [4.78, 5) is 12.1. The van der Waals surface area contributed by atoms with Gasteiger partial charge < -0.3 is 18.9 Å². The largest absolute Gasteiger partial charge is 0.465 e. The monoisotopic (exact) mass is 506 g/mol. The third kappa shape index (κ3) is 4.31. The van der Waals surface area contributed by atoms with Crippen LogP contribution in [0, 0.1) is 23.2 Å². The van der Waals surface area contributed by atoms with Crippen molar-refractivity contribution in [2.45, 2.75) is 82.5 Å². The molecule has 0 radical (unpaired) electrons. The molecule has 6 rings (SSSR count). The zero-order valence-corrected chi connectivity index (χ0v) is 22.5. The second-order valence-electron chi connectivity index (χ2n) is 12.2. The van der Waals surface area contributed by atoms with Gasteiger partial charge in [-0.05, 0) is 85.8 Å². The molecule has 5 aliphatic rings. The van der Waals surface area contributed by atoms with E-state index in [9.17, 15) is 4.79 Å². The number of rotatable bonds is 6. The van der Waals surface area contributed by atoms with Crippen LogP contribution in [0.2, 0.25) is 0 Å². The van der Waals surface area contributed by atoms with E-state index in [-0.39, 0.29) is 17.2 Å². The average molecular weight is 507 g/mol. The van der Waals surface area contributed by atoms with Gasteiger partial charge in [0, 0.05) is 18.8 Å². The first-order valence-corrected chi connectivity index (χ1v) is 14.4. The van der Waals surface area contributed by atoms with E-state index >= 15 is 0 Å². The van der Waals surface area contributed by atoms with E-state index in [2.05, 4.69) is 25.6 Å². The number of methoxy groups -OCH3 is 1. The highest BCUT2D eigenvalue weighted by atomic mass is 16.7. The van der Waals surface area contributed by atoms with Crippen LogP contribution in [0.15, 0.2) is 48.1 Å². The first-order valence-electron chi connectivity index (χ1n) is 14.4. The first kappa shape index (κ1) is 25.3. The molecule has 1 aromatic rings. The lowest BCUT2D eigenvalue weighted by Crippen LogP contribution is -2.47. The molecule has 5 nitrogen and oxygen atoms in total. The summed E-state index contributed by atoms with van der Waals surface area (Å²) in [6.07, 6.45) is 12.2. The maximum atomic E-state index is 12.1. The zero-order chi connectivity index (χ0) is 25.6. The summed E-state index contributed by atoms with van der Waals surface area (Å²) in [5.41, 5.74) is 5.50. The fourth-order valence-corrected chi connectivity index (χ4v) is 8.78. The van der Waals surface area contributed by atoms with Crippen molar-refractivity contribution in [3.8, 4) is 0 Å². The molecule has 4 unspecified atom stereocenters. The van der Waals surface area contributed by atoms with Crippen molar-refractivity contribution in [2.75, 3.05) is 26.9 Å². The van der Waals surface area contributed by atoms with E-state index in [0.717, 1.165) is 58.3 Å². The number of benzene rings is 1. The average Bonchev–Trinajstić information content (AvgIpc) is 3.51. The Morgan fingerprint density at radius 2 is 1.89 bits per heavy atom. The molecule has 0 aromatic heterocycles. The van der Waals surface area contributed by atoms with Crippen molar-refractivity contribution in [1.82, 2.24) is 0 Å². The quantitative estimate of drug-likeness (QED) is 0.248. The molecule has 3 saturated carbocycles. The zero-order valence-electron chi connectivity index (χ0n) is 22.5. The molecule has 1 aliphatic heterocycles. The number of hydrogen-bond donors (Lipinski definition) is 0. The summed E-state index contributed by atoms with van der Waals surface area (Å²) in [7, 11) is 1.44. The predicted molar refractivity (Wildman–Crippen MR) is 142 cm³/mol. The Morgan fingerprint density at radius 3 is 2.62 bits per heavy atom. The van der Waals surface area contributed by atoms with Crippen molar-refractivity contribution in [3.63, 3.8) is 0 Å². The van der Waals surface area contributed by atoms with Crippen LogP contribution >= 0.6 is 0 Å². The van der Waals surface area contributed by atoms with Crippen molar-refractivity contribution in [1.29, 1.82) is 0 Å². The van der Waals surface area contributed by atoms with E-state index < -0.39 is 0 Å². The van der Waals surface area contributed by atoms with Gasteiger partial charge in [-0.1, -0.05) is 36.3 Å². The van der Waals surface area contributed by atoms with Crippen LogP contribution < -0.4 is 0 Å². The van der Waals surface area contributed by atoms with Gasteiger partial charge >= 0.3 is 5.97 Å². The van der Waals surface area contributed by atoms with Gasteiger partial charge in [0.05, 0.1) is 38.6 Å². The maximum Gasteiger partial charge on any atom is 0.337 e. The molecule has 1 saturated heterocycles. The molecule has 37 heavy (non-hydrogen) atoms. The SMILES string of the molecule is C=CCCOC1CCC2C3CCC4CC5(CCC4=C3[C@@H](c3ccc(C(=O)OC)cc3)C[C@]12C)OCCO5. The fraction of sp³-hybridized carbons (Fsp3) is 0.656. The molecule has 1 heterocycles. The molecule has 1 spiro atoms. The van der Waals surface area contributed by atoms with Crippen molar-refractivity contribution in [3.05, 3.63) is 59.2 Å².